The number of rotatable bonds is 1. The van der Waals surface area contributed by atoms with Gasteiger partial charge in [-0.3, -0.25) is 0 Å². The van der Waals surface area contributed by atoms with Gasteiger partial charge in [0, 0.05) is 16.3 Å². The second-order valence-electron chi connectivity index (χ2n) is 1.63. The van der Waals surface area contributed by atoms with Crippen molar-refractivity contribution in [3.8, 4) is 0 Å². The van der Waals surface area contributed by atoms with Gasteiger partial charge in [0.15, 0.2) is 0 Å². The van der Waals surface area contributed by atoms with E-state index < -0.39 is 0 Å². The zero-order valence-electron chi connectivity index (χ0n) is 4.61. The molecule has 1 aromatic heterocycles. The van der Waals surface area contributed by atoms with Crippen molar-refractivity contribution in [1.29, 1.82) is 0 Å². The van der Waals surface area contributed by atoms with Crippen molar-refractivity contribution in [2.75, 3.05) is 0 Å². The fourth-order valence-electron chi connectivity index (χ4n) is 0.540. The molecule has 0 aliphatic rings. The molecule has 0 aliphatic heterocycles. The third kappa shape index (κ3) is 1.21. The molecule has 0 amide bonds. The number of H-pyrrole nitrogens is 1. The number of hydrogen-bond donors (Lipinski definition) is 1. The van der Waals surface area contributed by atoms with Crippen molar-refractivity contribution in [3.63, 3.8) is 0 Å². The van der Waals surface area contributed by atoms with Gasteiger partial charge in [-0.05, 0) is 6.92 Å². The summed E-state index contributed by atoms with van der Waals surface area (Å²) in [4.78, 5) is 7.13. The summed E-state index contributed by atoms with van der Waals surface area (Å²) in [5.74, 6) is 0.997. The summed E-state index contributed by atoms with van der Waals surface area (Å²) in [6.45, 7) is 1.95. The van der Waals surface area contributed by atoms with Crippen molar-refractivity contribution in [3.05, 3.63) is 17.7 Å². The highest BCUT2D eigenvalue weighted by Crippen LogP contribution is 2.00. The van der Waals surface area contributed by atoms with E-state index >= 15 is 0 Å². The Bertz CT molecular complexity index is 171. The van der Waals surface area contributed by atoms with Crippen LogP contribution in [0.4, 0.5) is 0 Å². The van der Waals surface area contributed by atoms with E-state index in [1.807, 2.05) is 13.1 Å². The predicted molar refractivity (Wildman–Crippen MR) is 41.0 cm³/mol. The molecule has 0 radical (unpaired) electrons. The first-order valence-corrected chi connectivity index (χ1v) is 3.92. The summed E-state index contributed by atoms with van der Waals surface area (Å²) in [5.41, 5.74) is 1.20. The van der Waals surface area contributed by atoms with E-state index in [-0.39, 0.29) is 0 Å². The number of imidazole rings is 1. The minimum absolute atomic E-state index is 0.997. The van der Waals surface area contributed by atoms with Crippen molar-refractivity contribution >= 4 is 22.6 Å². The number of aromatic nitrogens is 2. The first-order chi connectivity index (χ1) is 3.83. The van der Waals surface area contributed by atoms with Crippen LogP contribution in [0.25, 0.3) is 0 Å². The van der Waals surface area contributed by atoms with E-state index in [0.717, 1.165) is 10.3 Å². The quantitative estimate of drug-likeness (QED) is 0.568. The van der Waals surface area contributed by atoms with Gasteiger partial charge >= 0.3 is 0 Å². The lowest BCUT2D eigenvalue weighted by atomic mass is 10.6. The van der Waals surface area contributed by atoms with Crippen molar-refractivity contribution in [2.24, 2.45) is 0 Å². The molecule has 0 spiro atoms. The molecule has 0 atom stereocenters. The lowest BCUT2D eigenvalue weighted by Crippen LogP contribution is -1.74. The second-order valence-corrected chi connectivity index (χ2v) is 2.39. The molecule has 0 aliphatic carbocycles. The highest BCUT2D eigenvalue weighted by Gasteiger charge is 1.90. The van der Waals surface area contributed by atoms with Crippen molar-refractivity contribution < 1.29 is 0 Å². The lowest BCUT2D eigenvalue weighted by Gasteiger charge is -1.80. The molecule has 1 N–H and O–H groups in total. The molecule has 1 heterocycles. The molecule has 2 nitrogen and oxygen atoms in total. The molecular weight excluding hydrogens is 215 g/mol. The van der Waals surface area contributed by atoms with Crippen LogP contribution in [0.5, 0.6) is 0 Å². The molecule has 8 heavy (non-hydrogen) atoms. The largest absolute Gasteiger partial charge is 0.345 e. The highest BCUT2D eigenvalue weighted by atomic mass is 127. The molecule has 0 unspecified atom stereocenters. The van der Waals surface area contributed by atoms with E-state index in [4.69, 9.17) is 0 Å². The van der Waals surface area contributed by atoms with Crippen LogP contribution in [0.2, 0.25) is 0 Å². The van der Waals surface area contributed by atoms with Gasteiger partial charge in [0.2, 0.25) is 0 Å². The van der Waals surface area contributed by atoms with Gasteiger partial charge in [0.05, 0.1) is 0 Å². The van der Waals surface area contributed by atoms with Crippen LogP contribution in [0, 0.1) is 6.92 Å². The molecule has 0 fully saturated rings. The van der Waals surface area contributed by atoms with Gasteiger partial charge in [-0.25, -0.2) is 4.98 Å². The average Bonchev–Trinajstić information content (AvgIpc) is 2.14. The minimum atomic E-state index is 0.997. The molecule has 3 heteroatoms. The Labute approximate surface area is 61.9 Å². The Morgan fingerprint density at radius 2 is 2.62 bits per heavy atom. The maximum absolute atomic E-state index is 4.03. The van der Waals surface area contributed by atoms with E-state index in [1.54, 1.807) is 0 Å². The second kappa shape index (κ2) is 2.48. The zero-order chi connectivity index (χ0) is 5.98. The Balaban J connectivity index is 2.84. The Morgan fingerprint density at radius 1 is 1.88 bits per heavy atom. The van der Waals surface area contributed by atoms with Crippen molar-refractivity contribution in [2.45, 2.75) is 11.4 Å². The first kappa shape index (κ1) is 6.07. The van der Waals surface area contributed by atoms with E-state index in [9.17, 15) is 0 Å². The summed E-state index contributed by atoms with van der Waals surface area (Å²) < 4.78 is 1.01. The predicted octanol–water partition coefficient (Wildman–Crippen LogP) is 1.65. The summed E-state index contributed by atoms with van der Waals surface area (Å²) in [6.07, 6.45) is 1.86. The SMILES string of the molecule is Cc1ncc(CI)[nH]1. The smallest absolute Gasteiger partial charge is 0.103 e. The number of nitrogens with one attached hydrogen (secondary N) is 1. The summed E-state index contributed by atoms with van der Waals surface area (Å²) in [5, 5.41) is 0. The lowest BCUT2D eigenvalue weighted by molar-refractivity contribution is 1.13. The molecular formula is C5H7IN2. The van der Waals surface area contributed by atoms with Crippen molar-refractivity contribution in [1.82, 2.24) is 9.97 Å². The number of aromatic amines is 1. The van der Waals surface area contributed by atoms with Gasteiger partial charge < -0.3 is 4.98 Å². The summed E-state index contributed by atoms with van der Waals surface area (Å²) in [7, 11) is 0. The Kier molecular flexibility index (Phi) is 1.88. The van der Waals surface area contributed by atoms with Crippen LogP contribution < -0.4 is 0 Å². The number of halogens is 1. The maximum Gasteiger partial charge on any atom is 0.103 e. The monoisotopic (exact) mass is 222 g/mol. The fraction of sp³-hybridized carbons (Fsp3) is 0.400. The van der Waals surface area contributed by atoms with Crippen LogP contribution in [0.15, 0.2) is 6.20 Å². The average molecular weight is 222 g/mol. The standard InChI is InChI=1S/C5H7IN2/c1-4-7-3-5(2-6)8-4/h3H,2H2,1H3,(H,7,8). The van der Waals surface area contributed by atoms with Gasteiger partial charge in [0.25, 0.3) is 0 Å². The van der Waals surface area contributed by atoms with Gasteiger partial charge in [-0.1, -0.05) is 22.6 Å². The van der Waals surface area contributed by atoms with E-state index in [2.05, 4.69) is 32.6 Å². The third-order valence-corrected chi connectivity index (χ3v) is 1.72. The van der Waals surface area contributed by atoms with Crippen LogP contribution in [-0.2, 0) is 4.43 Å². The number of aryl methyl sites for hydroxylation is 1. The highest BCUT2D eigenvalue weighted by molar-refractivity contribution is 14.1. The first-order valence-electron chi connectivity index (χ1n) is 2.39. The maximum atomic E-state index is 4.03. The number of alkyl halides is 1. The molecule has 0 aromatic carbocycles. The molecule has 1 aromatic rings. The minimum Gasteiger partial charge on any atom is -0.345 e. The van der Waals surface area contributed by atoms with Gasteiger partial charge in [-0.2, -0.15) is 0 Å². The van der Waals surface area contributed by atoms with Gasteiger partial charge in [-0.15, -0.1) is 0 Å². The molecule has 44 valence electrons. The number of nitrogens with zero attached hydrogens (tertiary/aromatic N) is 1. The van der Waals surface area contributed by atoms with Crippen LogP contribution in [0.1, 0.15) is 11.5 Å². The van der Waals surface area contributed by atoms with E-state index in [0.29, 0.717) is 0 Å². The Hall–Kier alpha value is -0.0600. The summed E-state index contributed by atoms with van der Waals surface area (Å²) in [6, 6.07) is 0. The fourth-order valence-corrected chi connectivity index (χ4v) is 0.927. The van der Waals surface area contributed by atoms with Crippen LogP contribution in [-0.4, -0.2) is 9.97 Å². The normalized spacial score (nSPS) is 9.75. The molecule has 0 saturated carbocycles. The number of hydrogen-bond acceptors (Lipinski definition) is 1. The van der Waals surface area contributed by atoms with E-state index in [1.165, 1.54) is 5.69 Å². The topological polar surface area (TPSA) is 28.7 Å². The van der Waals surface area contributed by atoms with Crippen LogP contribution >= 0.6 is 22.6 Å². The molecule has 0 saturated heterocycles. The summed E-state index contributed by atoms with van der Waals surface area (Å²) >= 11 is 2.30. The zero-order valence-corrected chi connectivity index (χ0v) is 6.77. The third-order valence-electron chi connectivity index (χ3n) is 0.899. The Morgan fingerprint density at radius 3 is 2.88 bits per heavy atom. The van der Waals surface area contributed by atoms with Crippen LogP contribution in [0.3, 0.4) is 0 Å². The molecule has 1 rings (SSSR count). The van der Waals surface area contributed by atoms with Gasteiger partial charge in [0.1, 0.15) is 5.82 Å². The molecule has 0 bridgehead atoms.